The smallest absolute Gasteiger partial charge is 0.220 e. The van der Waals surface area contributed by atoms with Crippen molar-refractivity contribution in [1.82, 2.24) is 0 Å². The molecule has 0 radical (unpaired) electrons. The summed E-state index contributed by atoms with van der Waals surface area (Å²) in [6, 6.07) is 16.9. The Kier molecular flexibility index (Phi) is 4.31. The van der Waals surface area contributed by atoms with Crippen LogP contribution in [0.25, 0.3) is 0 Å². The maximum absolute atomic E-state index is 12.0. The van der Waals surface area contributed by atoms with Crippen molar-refractivity contribution in [1.29, 1.82) is 0 Å². The molecule has 1 aliphatic heterocycles. The number of hydrogen-bond donors (Lipinski definition) is 0. The van der Waals surface area contributed by atoms with Crippen molar-refractivity contribution >= 4 is 0 Å². The molecule has 3 heteroatoms. The SMILES string of the molecule is O=c1ccc(C2CCCO2)ccc1OCc1ccccc1. The van der Waals surface area contributed by atoms with Gasteiger partial charge in [-0.2, -0.15) is 0 Å². The largest absolute Gasteiger partial charge is 0.485 e. The molecular formula is C18H18O3. The molecule has 0 saturated carbocycles. The van der Waals surface area contributed by atoms with Crippen LogP contribution in [0, 0.1) is 0 Å². The fourth-order valence-corrected chi connectivity index (χ4v) is 2.47. The summed E-state index contributed by atoms with van der Waals surface area (Å²) in [5.41, 5.74) is 1.98. The maximum Gasteiger partial charge on any atom is 0.220 e. The summed E-state index contributed by atoms with van der Waals surface area (Å²) in [7, 11) is 0. The highest BCUT2D eigenvalue weighted by Crippen LogP contribution is 2.27. The van der Waals surface area contributed by atoms with Gasteiger partial charge in [-0.1, -0.05) is 42.5 Å². The molecule has 0 amide bonds. The van der Waals surface area contributed by atoms with Crippen LogP contribution in [-0.2, 0) is 11.3 Å². The van der Waals surface area contributed by atoms with Gasteiger partial charge in [0, 0.05) is 6.61 Å². The summed E-state index contributed by atoms with van der Waals surface area (Å²) in [6.45, 7) is 1.19. The molecule has 1 heterocycles. The minimum atomic E-state index is -0.102. The molecule has 2 aromatic carbocycles. The Balaban J connectivity index is 1.76. The van der Waals surface area contributed by atoms with E-state index in [0.717, 1.165) is 30.6 Å². The minimum Gasteiger partial charge on any atom is -0.485 e. The Morgan fingerprint density at radius 2 is 1.86 bits per heavy atom. The van der Waals surface area contributed by atoms with Gasteiger partial charge in [-0.05, 0) is 36.1 Å². The molecule has 1 aliphatic rings. The number of hydrogen-bond acceptors (Lipinski definition) is 3. The van der Waals surface area contributed by atoms with Crippen LogP contribution in [0.15, 0.2) is 59.4 Å². The van der Waals surface area contributed by atoms with Crippen LogP contribution in [0.2, 0.25) is 0 Å². The lowest BCUT2D eigenvalue weighted by Gasteiger charge is -2.06. The first-order chi connectivity index (χ1) is 10.3. The molecule has 0 N–H and O–H groups in total. The van der Waals surface area contributed by atoms with Gasteiger partial charge in [0.15, 0.2) is 5.75 Å². The summed E-state index contributed by atoms with van der Waals surface area (Å²) in [6.07, 6.45) is 2.20. The second kappa shape index (κ2) is 6.55. The van der Waals surface area contributed by atoms with Crippen LogP contribution in [0.1, 0.15) is 30.1 Å². The van der Waals surface area contributed by atoms with Gasteiger partial charge in [-0.25, -0.2) is 0 Å². The van der Waals surface area contributed by atoms with Gasteiger partial charge in [-0.3, -0.25) is 4.79 Å². The molecule has 3 nitrogen and oxygen atoms in total. The highest BCUT2D eigenvalue weighted by Gasteiger charge is 2.17. The minimum absolute atomic E-state index is 0.102. The van der Waals surface area contributed by atoms with E-state index in [-0.39, 0.29) is 11.5 Å². The predicted octanol–water partition coefficient (Wildman–Crippen LogP) is 3.48. The molecule has 0 bridgehead atoms. The zero-order valence-electron chi connectivity index (χ0n) is 11.8. The second-order valence-corrected chi connectivity index (χ2v) is 5.17. The maximum atomic E-state index is 12.0. The van der Waals surface area contributed by atoms with E-state index in [0.29, 0.717) is 12.4 Å². The van der Waals surface area contributed by atoms with Gasteiger partial charge in [-0.15, -0.1) is 0 Å². The zero-order valence-corrected chi connectivity index (χ0v) is 11.8. The first-order valence-corrected chi connectivity index (χ1v) is 7.25. The Bertz CT molecular complexity index is 646. The van der Waals surface area contributed by atoms with E-state index in [1.54, 1.807) is 12.1 Å². The third-order valence-corrected chi connectivity index (χ3v) is 3.64. The lowest BCUT2D eigenvalue weighted by Crippen LogP contribution is -2.04. The lowest BCUT2D eigenvalue weighted by atomic mass is 10.1. The van der Waals surface area contributed by atoms with Crippen molar-refractivity contribution in [2.75, 3.05) is 6.61 Å². The van der Waals surface area contributed by atoms with Crippen LogP contribution < -0.4 is 10.2 Å². The van der Waals surface area contributed by atoms with Gasteiger partial charge in [0.25, 0.3) is 0 Å². The van der Waals surface area contributed by atoms with Gasteiger partial charge < -0.3 is 9.47 Å². The van der Waals surface area contributed by atoms with E-state index >= 15 is 0 Å². The van der Waals surface area contributed by atoms with E-state index in [1.165, 1.54) is 0 Å². The second-order valence-electron chi connectivity index (χ2n) is 5.17. The van der Waals surface area contributed by atoms with E-state index in [2.05, 4.69) is 0 Å². The molecule has 1 atom stereocenters. The average Bonchev–Trinajstić information content (AvgIpc) is 2.98. The average molecular weight is 282 g/mol. The monoisotopic (exact) mass is 282 g/mol. The molecule has 0 aliphatic carbocycles. The fourth-order valence-electron chi connectivity index (χ4n) is 2.47. The van der Waals surface area contributed by atoms with Crippen molar-refractivity contribution in [2.24, 2.45) is 0 Å². The highest BCUT2D eigenvalue weighted by molar-refractivity contribution is 5.27. The topological polar surface area (TPSA) is 35.5 Å². The van der Waals surface area contributed by atoms with Crippen molar-refractivity contribution in [3.8, 4) is 5.75 Å². The molecular weight excluding hydrogens is 264 g/mol. The molecule has 0 aromatic heterocycles. The first-order valence-electron chi connectivity index (χ1n) is 7.25. The first kappa shape index (κ1) is 13.8. The van der Waals surface area contributed by atoms with Crippen LogP contribution >= 0.6 is 0 Å². The van der Waals surface area contributed by atoms with Crippen LogP contribution in [0.5, 0.6) is 5.75 Å². The Hall–Kier alpha value is -2.13. The standard InChI is InChI=1S/C18H18O3/c19-16-10-8-15(17-7-4-12-20-17)9-11-18(16)21-13-14-5-2-1-3-6-14/h1-3,5-6,8-11,17H,4,7,12-13H2. The molecule has 3 rings (SSSR count). The summed E-state index contributed by atoms with van der Waals surface area (Å²) >= 11 is 0. The summed E-state index contributed by atoms with van der Waals surface area (Å²) in [5, 5.41) is 0. The third-order valence-electron chi connectivity index (χ3n) is 3.64. The van der Waals surface area contributed by atoms with Gasteiger partial charge in [0.1, 0.15) is 6.61 Å². The molecule has 1 fully saturated rings. The van der Waals surface area contributed by atoms with Crippen molar-refractivity contribution in [3.05, 3.63) is 75.9 Å². The quantitative estimate of drug-likeness (QED) is 0.861. The van der Waals surface area contributed by atoms with Crippen molar-refractivity contribution in [2.45, 2.75) is 25.6 Å². The van der Waals surface area contributed by atoms with E-state index in [1.807, 2.05) is 42.5 Å². The van der Waals surface area contributed by atoms with Crippen LogP contribution in [0.3, 0.4) is 0 Å². The van der Waals surface area contributed by atoms with Gasteiger partial charge in [0.05, 0.1) is 6.10 Å². The third kappa shape index (κ3) is 3.50. The van der Waals surface area contributed by atoms with E-state index in [9.17, 15) is 4.79 Å². The normalized spacial score (nSPS) is 17.6. The Labute approximate surface area is 124 Å². The Morgan fingerprint density at radius 3 is 2.62 bits per heavy atom. The number of ether oxygens (including phenoxy) is 2. The lowest BCUT2D eigenvalue weighted by molar-refractivity contribution is 0.112. The van der Waals surface area contributed by atoms with Gasteiger partial charge in [0.2, 0.25) is 5.43 Å². The van der Waals surface area contributed by atoms with E-state index in [4.69, 9.17) is 9.47 Å². The van der Waals surface area contributed by atoms with Crippen molar-refractivity contribution in [3.63, 3.8) is 0 Å². The van der Waals surface area contributed by atoms with Crippen LogP contribution in [-0.4, -0.2) is 6.61 Å². The zero-order chi connectivity index (χ0) is 14.5. The number of rotatable bonds is 4. The summed E-state index contributed by atoms with van der Waals surface area (Å²) in [5.74, 6) is 0.378. The molecule has 0 spiro atoms. The fraction of sp³-hybridized carbons (Fsp3) is 0.278. The number of benzene rings is 1. The van der Waals surface area contributed by atoms with Gasteiger partial charge >= 0.3 is 0 Å². The summed E-state index contributed by atoms with van der Waals surface area (Å²) in [4.78, 5) is 12.0. The highest BCUT2D eigenvalue weighted by atomic mass is 16.5. The molecule has 21 heavy (non-hydrogen) atoms. The summed E-state index contributed by atoms with van der Waals surface area (Å²) < 4.78 is 11.3. The van der Waals surface area contributed by atoms with E-state index < -0.39 is 0 Å². The van der Waals surface area contributed by atoms with Crippen molar-refractivity contribution < 1.29 is 9.47 Å². The van der Waals surface area contributed by atoms with Crippen LogP contribution in [0.4, 0.5) is 0 Å². The molecule has 1 unspecified atom stereocenters. The predicted molar refractivity (Wildman–Crippen MR) is 81.4 cm³/mol. The Morgan fingerprint density at radius 1 is 1.05 bits per heavy atom. The molecule has 108 valence electrons. The molecule has 1 saturated heterocycles. The molecule has 2 aromatic rings.